The van der Waals surface area contributed by atoms with Crippen molar-refractivity contribution in [2.45, 2.75) is 19.8 Å². The van der Waals surface area contributed by atoms with Crippen LogP contribution in [0.15, 0.2) is 18.2 Å². The van der Waals surface area contributed by atoms with E-state index in [9.17, 15) is 4.79 Å². The number of hydrogen-bond donors (Lipinski definition) is 2. The van der Waals surface area contributed by atoms with Gasteiger partial charge in [-0.1, -0.05) is 0 Å². The molecule has 1 aliphatic rings. The van der Waals surface area contributed by atoms with Gasteiger partial charge in [0.1, 0.15) is 0 Å². The number of nitrogens with two attached hydrogens (primary N) is 1. The minimum Gasteiger partial charge on any atom is -0.462 e. The fraction of sp³-hybridized carbons (Fsp3) is 0.562. The molecule has 5 nitrogen and oxygen atoms in total. The molecule has 0 radical (unpaired) electrons. The molecule has 0 amide bonds. The third-order valence-corrected chi connectivity index (χ3v) is 3.98. The number of hydrogen-bond acceptors (Lipinski definition) is 5. The smallest absolute Gasteiger partial charge is 0.338 e. The zero-order valence-electron chi connectivity index (χ0n) is 12.9. The summed E-state index contributed by atoms with van der Waals surface area (Å²) in [6, 6.07) is 5.29. The van der Waals surface area contributed by atoms with Crippen molar-refractivity contribution in [3.8, 4) is 0 Å². The van der Waals surface area contributed by atoms with E-state index in [1.54, 1.807) is 19.1 Å². The van der Waals surface area contributed by atoms with Crippen LogP contribution in [0.3, 0.4) is 0 Å². The Morgan fingerprint density at radius 1 is 1.43 bits per heavy atom. The van der Waals surface area contributed by atoms with Gasteiger partial charge in [0.2, 0.25) is 0 Å². The molecule has 3 N–H and O–H groups in total. The van der Waals surface area contributed by atoms with E-state index in [1.165, 1.54) is 12.8 Å². The summed E-state index contributed by atoms with van der Waals surface area (Å²) in [4.78, 5) is 14.0. The van der Waals surface area contributed by atoms with E-state index in [4.69, 9.17) is 10.5 Å². The Morgan fingerprint density at radius 2 is 2.14 bits per heavy atom. The van der Waals surface area contributed by atoms with Crippen LogP contribution in [0, 0.1) is 5.92 Å². The fourth-order valence-corrected chi connectivity index (χ4v) is 2.59. The van der Waals surface area contributed by atoms with Gasteiger partial charge >= 0.3 is 5.97 Å². The van der Waals surface area contributed by atoms with Crippen molar-refractivity contribution in [3.05, 3.63) is 23.8 Å². The Bertz CT molecular complexity index is 482. The van der Waals surface area contributed by atoms with E-state index < -0.39 is 0 Å². The Kier molecular flexibility index (Phi) is 5.44. The molecule has 0 aromatic heterocycles. The molecule has 2 rings (SSSR count). The Balaban J connectivity index is 1.90. The number of carbonyl (C=O) groups excluding carboxylic acids is 1. The lowest BCUT2D eigenvalue weighted by molar-refractivity contribution is 0.0526. The first-order valence-electron chi connectivity index (χ1n) is 7.59. The summed E-state index contributed by atoms with van der Waals surface area (Å²) in [5.41, 5.74) is 8.00. The lowest BCUT2D eigenvalue weighted by atomic mass is 9.97. The van der Waals surface area contributed by atoms with Gasteiger partial charge in [-0.15, -0.1) is 0 Å². The lowest BCUT2D eigenvalue weighted by Gasteiger charge is -2.29. The minimum absolute atomic E-state index is 0.328. The predicted octanol–water partition coefficient (Wildman–Crippen LogP) is 2.20. The van der Waals surface area contributed by atoms with E-state index in [2.05, 4.69) is 17.3 Å². The van der Waals surface area contributed by atoms with Crippen LogP contribution in [0.2, 0.25) is 0 Å². The van der Waals surface area contributed by atoms with Gasteiger partial charge in [0, 0.05) is 6.54 Å². The highest BCUT2D eigenvalue weighted by Crippen LogP contribution is 2.22. The minimum atomic E-state index is -0.328. The fourth-order valence-electron chi connectivity index (χ4n) is 2.59. The van der Waals surface area contributed by atoms with Crippen LogP contribution in [0.5, 0.6) is 0 Å². The Labute approximate surface area is 126 Å². The summed E-state index contributed by atoms with van der Waals surface area (Å²) in [5, 5.41) is 3.40. The maximum absolute atomic E-state index is 11.6. The van der Waals surface area contributed by atoms with Gasteiger partial charge in [-0.25, -0.2) is 4.79 Å². The first-order chi connectivity index (χ1) is 10.1. The molecule has 1 heterocycles. The molecule has 116 valence electrons. The average molecular weight is 291 g/mol. The quantitative estimate of drug-likeness (QED) is 0.643. The summed E-state index contributed by atoms with van der Waals surface area (Å²) in [5.74, 6) is 0.358. The molecule has 0 atom stereocenters. The molecule has 1 fully saturated rings. The zero-order valence-corrected chi connectivity index (χ0v) is 12.9. The SMILES string of the molecule is CCOC(=O)c1ccc(NCC2CCN(C)CC2)c(N)c1. The number of nitrogens with zero attached hydrogens (tertiary/aromatic N) is 1. The number of anilines is 2. The third kappa shape index (κ3) is 4.36. The van der Waals surface area contributed by atoms with E-state index >= 15 is 0 Å². The number of piperidine rings is 1. The van der Waals surface area contributed by atoms with Crippen LogP contribution >= 0.6 is 0 Å². The summed E-state index contributed by atoms with van der Waals surface area (Å²) >= 11 is 0. The second-order valence-corrected chi connectivity index (χ2v) is 5.65. The number of ether oxygens (including phenoxy) is 1. The van der Waals surface area contributed by atoms with Gasteiger partial charge in [-0.2, -0.15) is 0 Å². The molecule has 0 saturated carbocycles. The highest BCUT2D eigenvalue weighted by molar-refractivity contribution is 5.91. The molecule has 21 heavy (non-hydrogen) atoms. The summed E-state index contributed by atoms with van der Waals surface area (Å²) < 4.78 is 4.97. The zero-order chi connectivity index (χ0) is 15.2. The van der Waals surface area contributed by atoms with Crippen molar-refractivity contribution in [2.75, 3.05) is 44.3 Å². The number of esters is 1. The van der Waals surface area contributed by atoms with Gasteiger partial charge in [0.15, 0.2) is 0 Å². The molecular weight excluding hydrogens is 266 g/mol. The molecule has 0 spiro atoms. The maximum Gasteiger partial charge on any atom is 0.338 e. The summed E-state index contributed by atoms with van der Waals surface area (Å²) in [6.07, 6.45) is 2.43. The predicted molar refractivity (Wildman–Crippen MR) is 85.5 cm³/mol. The molecule has 1 aromatic rings. The van der Waals surface area contributed by atoms with Crippen molar-refractivity contribution >= 4 is 17.3 Å². The normalized spacial score (nSPS) is 16.7. The van der Waals surface area contributed by atoms with Crippen molar-refractivity contribution in [3.63, 3.8) is 0 Å². The molecule has 1 aromatic carbocycles. The van der Waals surface area contributed by atoms with Crippen molar-refractivity contribution in [1.82, 2.24) is 4.90 Å². The molecule has 5 heteroatoms. The van der Waals surface area contributed by atoms with Crippen LogP contribution in [0.1, 0.15) is 30.1 Å². The largest absolute Gasteiger partial charge is 0.462 e. The van der Waals surface area contributed by atoms with E-state index in [0.717, 1.165) is 25.3 Å². The number of rotatable bonds is 5. The second-order valence-electron chi connectivity index (χ2n) is 5.65. The van der Waals surface area contributed by atoms with Crippen molar-refractivity contribution < 1.29 is 9.53 Å². The number of benzene rings is 1. The van der Waals surface area contributed by atoms with Crippen LogP contribution in [-0.2, 0) is 4.74 Å². The van der Waals surface area contributed by atoms with E-state index in [0.29, 0.717) is 23.8 Å². The van der Waals surface area contributed by atoms with Gasteiger partial charge in [-0.3, -0.25) is 0 Å². The Hall–Kier alpha value is -1.75. The highest BCUT2D eigenvalue weighted by Gasteiger charge is 2.16. The summed E-state index contributed by atoms with van der Waals surface area (Å²) in [6.45, 7) is 5.40. The van der Waals surface area contributed by atoms with Gasteiger partial charge in [0.25, 0.3) is 0 Å². The topological polar surface area (TPSA) is 67.6 Å². The number of nitrogen functional groups attached to an aromatic ring is 1. The molecule has 1 saturated heterocycles. The molecule has 0 bridgehead atoms. The van der Waals surface area contributed by atoms with Gasteiger partial charge < -0.3 is 20.7 Å². The third-order valence-electron chi connectivity index (χ3n) is 3.98. The van der Waals surface area contributed by atoms with E-state index in [-0.39, 0.29) is 5.97 Å². The standard InChI is InChI=1S/C16H25N3O2/c1-3-21-16(20)13-4-5-15(14(17)10-13)18-11-12-6-8-19(2)9-7-12/h4-5,10,12,18H,3,6-9,11,17H2,1-2H3. The summed E-state index contributed by atoms with van der Waals surface area (Å²) in [7, 11) is 2.16. The number of carbonyl (C=O) groups is 1. The monoisotopic (exact) mass is 291 g/mol. The lowest BCUT2D eigenvalue weighted by Crippen LogP contribution is -2.33. The first-order valence-corrected chi connectivity index (χ1v) is 7.59. The van der Waals surface area contributed by atoms with Crippen LogP contribution < -0.4 is 11.1 Å². The first kappa shape index (κ1) is 15.6. The van der Waals surface area contributed by atoms with Gasteiger partial charge in [-0.05, 0) is 64.0 Å². The molecular formula is C16H25N3O2. The van der Waals surface area contributed by atoms with Crippen LogP contribution in [-0.4, -0.2) is 44.2 Å². The second kappa shape index (κ2) is 7.31. The molecule has 0 aliphatic carbocycles. The number of likely N-dealkylation sites (tertiary alicyclic amines) is 1. The Morgan fingerprint density at radius 3 is 2.76 bits per heavy atom. The number of nitrogens with one attached hydrogen (secondary N) is 1. The van der Waals surface area contributed by atoms with Crippen molar-refractivity contribution in [1.29, 1.82) is 0 Å². The van der Waals surface area contributed by atoms with E-state index in [1.807, 2.05) is 6.07 Å². The maximum atomic E-state index is 11.6. The molecule has 0 unspecified atom stereocenters. The highest BCUT2D eigenvalue weighted by atomic mass is 16.5. The molecule has 1 aliphatic heterocycles. The van der Waals surface area contributed by atoms with Gasteiger partial charge in [0.05, 0.1) is 23.5 Å². The van der Waals surface area contributed by atoms with Crippen molar-refractivity contribution in [2.24, 2.45) is 5.92 Å². The average Bonchev–Trinajstić information content (AvgIpc) is 2.48. The van der Waals surface area contributed by atoms with Crippen LogP contribution in [0.4, 0.5) is 11.4 Å². The van der Waals surface area contributed by atoms with Crippen LogP contribution in [0.25, 0.3) is 0 Å².